The highest BCUT2D eigenvalue weighted by atomic mass is 16.3. The molecule has 9 heteroatoms. The van der Waals surface area contributed by atoms with Crippen LogP contribution in [0.2, 0.25) is 0 Å². The minimum atomic E-state index is -0.556. The second-order valence-corrected chi connectivity index (χ2v) is 9.29. The molecule has 1 aliphatic heterocycles. The Balaban J connectivity index is 1.69. The molecular weight excluding hydrogens is 410 g/mol. The van der Waals surface area contributed by atoms with Crippen LogP contribution in [-0.2, 0) is 11.3 Å². The molecule has 0 atom stereocenters. The van der Waals surface area contributed by atoms with E-state index in [0.29, 0.717) is 23.7 Å². The standard InChI is InChI=1S/C23H31N5O4/c1-14(2)13-27-21-17(5-4-16-8-10-26(11-9-16)15(3)29)12-24-28(21)23(32)19(22(27)31)20(30)25-18-6-7-18/h4-5,12,14,16,18,32H,6-11,13H2,1-3H3,(H,25,30). The molecule has 0 bridgehead atoms. The van der Waals surface area contributed by atoms with Crippen LogP contribution in [0.25, 0.3) is 11.7 Å². The number of likely N-dealkylation sites (tertiary alicyclic amines) is 1. The molecule has 3 heterocycles. The SMILES string of the molecule is CC(=O)N1CCC(C=Cc2cnn3c(O)c(C(=O)NC4CC4)c(=O)n(CC(C)C)c23)CC1. The number of carbonyl (C=O) groups is 2. The van der Waals surface area contributed by atoms with E-state index in [2.05, 4.69) is 16.5 Å². The first-order chi connectivity index (χ1) is 15.3. The van der Waals surface area contributed by atoms with Crippen LogP contribution in [-0.4, -0.2) is 55.1 Å². The fraction of sp³-hybridized carbons (Fsp3) is 0.565. The summed E-state index contributed by atoms with van der Waals surface area (Å²) in [6.07, 6.45) is 9.15. The third-order valence-electron chi connectivity index (χ3n) is 6.13. The van der Waals surface area contributed by atoms with Crippen LogP contribution in [0.4, 0.5) is 0 Å². The summed E-state index contributed by atoms with van der Waals surface area (Å²) in [5, 5.41) is 17.8. The van der Waals surface area contributed by atoms with Crippen molar-refractivity contribution in [1.29, 1.82) is 0 Å². The van der Waals surface area contributed by atoms with Crippen LogP contribution < -0.4 is 10.9 Å². The van der Waals surface area contributed by atoms with Gasteiger partial charge in [-0.25, -0.2) is 0 Å². The van der Waals surface area contributed by atoms with Crippen LogP contribution in [0.1, 0.15) is 62.4 Å². The van der Waals surface area contributed by atoms with E-state index in [1.54, 1.807) is 13.1 Å². The zero-order chi connectivity index (χ0) is 23.0. The molecule has 2 aliphatic rings. The first kappa shape index (κ1) is 22.1. The van der Waals surface area contributed by atoms with Gasteiger partial charge in [0, 0.05) is 38.2 Å². The van der Waals surface area contributed by atoms with Gasteiger partial charge in [-0.15, -0.1) is 0 Å². The normalized spacial score (nSPS) is 17.6. The Morgan fingerprint density at radius 2 is 1.94 bits per heavy atom. The van der Waals surface area contributed by atoms with Gasteiger partial charge in [-0.05, 0) is 37.5 Å². The first-order valence-corrected chi connectivity index (χ1v) is 11.3. The minimum Gasteiger partial charge on any atom is -0.492 e. The van der Waals surface area contributed by atoms with Gasteiger partial charge in [0.2, 0.25) is 11.8 Å². The van der Waals surface area contributed by atoms with Crippen LogP contribution >= 0.6 is 0 Å². The molecule has 2 aromatic rings. The second kappa shape index (κ2) is 8.80. The number of piperidine rings is 1. The molecule has 1 saturated carbocycles. The van der Waals surface area contributed by atoms with Gasteiger partial charge in [-0.2, -0.15) is 9.61 Å². The van der Waals surface area contributed by atoms with Crippen molar-refractivity contribution < 1.29 is 14.7 Å². The number of fused-ring (bicyclic) bond motifs is 1. The Morgan fingerprint density at radius 3 is 2.53 bits per heavy atom. The molecular formula is C23H31N5O4. The van der Waals surface area contributed by atoms with Gasteiger partial charge < -0.3 is 15.3 Å². The predicted molar refractivity (Wildman–Crippen MR) is 120 cm³/mol. The molecule has 9 nitrogen and oxygen atoms in total. The molecule has 32 heavy (non-hydrogen) atoms. The molecule has 2 N–H and O–H groups in total. The monoisotopic (exact) mass is 441 g/mol. The van der Waals surface area contributed by atoms with Crippen LogP contribution in [0.15, 0.2) is 17.1 Å². The molecule has 1 aliphatic carbocycles. The van der Waals surface area contributed by atoms with E-state index in [0.717, 1.165) is 38.8 Å². The summed E-state index contributed by atoms with van der Waals surface area (Å²) in [6, 6.07) is 0.0704. The highest BCUT2D eigenvalue weighted by molar-refractivity contribution is 5.96. The molecule has 0 unspecified atom stereocenters. The highest BCUT2D eigenvalue weighted by Crippen LogP contribution is 2.25. The molecule has 1 saturated heterocycles. The van der Waals surface area contributed by atoms with Crippen molar-refractivity contribution in [2.24, 2.45) is 11.8 Å². The second-order valence-electron chi connectivity index (χ2n) is 9.29. The van der Waals surface area contributed by atoms with E-state index < -0.39 is 17.3 Å². The van der Waals surface area contributed by atoms with Crippen molar-refractivity contribution >= 4 is 23.5 Å². The molecule has 2 amide bonds. The summed E-state index contributed by atoms with van der Waals surface area (Å²) in [5.41, 5.74) is 0.412. The number of hydrogen-bond donors (Lipinski definition) is 2. The van der Waals surface area contributed by atoms with Gasteiger partial charge in [0.15, 0.2) is 5.56 Å². The average Bonchev–Trinajstić information content (AvgIpc) is 3.45. The number of carbonyl (C=O) groups excluding carboxylic acids is 2. The number of nitrogens with zero attached hydrogens (tertiary/aromatic N) is 4. The van der Waals surface area contributed by atoms with E-state index in [-0.39, 0.29) is 23.4 Å². The van der Waals surface area contributed by atoms with E-state index in [4.69, 9.17) is 0 Å². The lowest BCUT2D eigenvalue weighted by Crippen LogP contribution is -2.36. The van der Waals surface area contributed by atoms with Gasteiger partial charge in [0.05, 0.1) is 6.20 Å². The largest absolute Gasteiger partial charge is 0.492 e. The Morgan fingerprint density at radius 1 is 1.25 bits per heavy atom. The maximum Gasteiger partial charge on any atom is 0.270 e. The van der Waals surface area contributed by atoms with Gasteiger partial charge >= 0.3 is 0 Å². The Bertz CT molecular complexity index is 1120. The summed E-state index contributed by atoms with van der Waals surface area (Å²) < 4.78 is 2.82. The van der Waals surface area contributed by atoms with Gasteiger partial charge in [0.25, 0.3) is 11.5 Å². The fourth-order valence-corrected chi connectivity index (χ4v) is 4.20. The van der Waals surface area contributed by atoms with Gasteiger partial charge in [-0.3, -0.25) is 19.0 Å². The zero-order valence-electron chi connectivity index (χ0n) is 18.9. The van der Waals surface area contributed by atoms with Crippen LogP contribution in [0.5, 0.6) is 5.88 Å². The predicted octanol–water partition coefficient (Wildman–Crippen LogP) is 2.02. The van der Waals surface area contributed by atoms with Crippen molar-refractivity contribution in [2.75, 3.05) is 13.1 Å². The number of hydrogen-bond acceptors (Lipinski definition) is 5. The number of nitrogens with one attached hydrogen (secondary N) is 1. The lowest BCUT2D eigenvalue weighted by Gasteiger charge is -2.29. The zero-order valence-corrected chi connectivity index (χ0v) is 18.9. The number of aromatic hydroxyl groups is 1. The highest BCUT2D eigenvalue weighted by Gasteiger charge is 2.30. The smallest absolute Gasteiger partial charge is 0.270 e. The lowest BCUT2D eigenvalue weighted by molar-refractivity contribution is -0.129. The average molecular weight is 442 g/mol. The number of allylic oxidation sites excluding steroid dienone is 1. The third kappa shape index (κ3) is 4.42. The summed E-state index contributed by atoms with van der Waals surface area (Å²) in [7, 11) is 0. The van der Waals surface area contributed by atoms with Crippen molar-refractivity contribution in [3.05, 3.63) is 33.8 Å². The fourth-order valence-electron chi connectivity index (χ4n) is 4.20. The van der Waals surface area contributed by atoms with Crippen molar-refractivity contribution in [2.45, 2.75) is 59.0 Å². The van der Waals surface area contributed by atoms with Crippen molar-refractivity contribution in [3.63, 3.8) is 0 Å². The van der Waals surface area contributed by atoms with E-state index in [9.17, 15) is 19.5 Å². The molecule has 0 radical (unpaired) electrons. The molecule has 172 valence electrons. The Kier molecular flexibility index (Phi) is 6.08. The molecule has 4 rings (SSSR count). The number of amides is 2. The maximum atomic E-state index is 13.3. The lowest BCUT2D eigenvalue weighted by atomic mass is 9.96. The number of rotatable bonds is 6. The first-order valence-electron chi connectivity index (χ1n) is 11.3. The van der Waals surface area contributed by atoms with E-state index >= 15 is 0 Å². The molecule has 2 aromatic heterocycles. The summed E-state index contributed by atoms with van der Waals surface area (Å²) >= 11 is 0. The van der Waals surface area contributed by atoms with Crippen LogP contribution in [0.3, 0.4) is 0 Å². The summed E-state index contributed by atoms with van der Waals surface area (Å²) in [5.74, 6) is -0.410. The topological polar surface area (TPSA) is 109 Å². The van der Waals surface area contributed by atoms with Crippen molar-refractivity contribution in [3.8, 4) is 5.88 Å². The van der Waals surface area contributed by atoms with Gasteiger partial charge in [-0.1, -0.05) is 26.0 Å². The van der Waals surface area contributed by atoms with Gasteiger partial charge in [0.1, 0.15) is 5.65 Å². The molecule has 2 fully saturated rings. The molecule has 0 aromatic carbocycles. The summed E-state index contributed by atoms with van der Waals surface area (Å²) in [6.45, 7) is 7.45. The molecule has 0 spiro atoms. The maximum absolute atomic E-state index is 13.3. The summed E-state index contributed by atoms with van der Waals surface area (Å²) in [4.78, 5) is 39.3. The quantitative estimate of drug-likeness (QED) is 0.713. The van der Waals surface area contributed by atoms with E-state index in [1.807, 2.05) is 24.8 Å². The van der Waals surface area contributed by atoms with E-state index in [1.165, 1.54) is 9.08 Å². The Labute approximate surface area is 186 Å². The Hall–Kier alpha value is -3.10. The third-order valence-corrected chi connectivity index (χ3v) is 6.13. The minimum absolute atomic E-state index is 0.0704. The van der Waals surface area contributed by atoms with Crippen molar-refractivity contribution in [1.82, 2.24) is 24.4 Å². The number of aromatic nitrogens is 3. The van der Waals surface area contributed by atoms with Crippen LogP contribution in [0, 0.1) is 11.8 Å².